The van der Waals surface area contributed by atoms with E-state index in [1.165, 1.54) is 11.0 Å². The first kappa shape index (κ1) is 39.4. The molecule has 1 saturated heterocycles. The maximum Gasteiger partial charge on any atom is 0.347 e. The summed E-state index contributed by atoms with van der Waals surface area (Å²) >= 11 is 0. The summed E-state index contributed by atoms with van der Waals surface area (Å²) in [5.41, 5.74) is 4.63. The van der Waals surface area contributed by atoms with Gasteiger partial charge in [-0.15, -0.1) is 0 Å². The van der Waals surface area contributed by atoms with Crippen LogP contribution in [0.25, 0.3) is 0 Å². The second-order valence-electron chi connectivity index (χ2n) is 14.2. The van der Waals surface area contributed by atoms with Crippen LogP contribution in [0.3, 0.4) is 0 Å². The molecule has 0 unspecified atom stereocenters. The van der Waals surface area contributed by atoms with E-state index in [2.05, 4.69) is 41.4 Å². The molecule has 3 heterocycles. The van der Waals surface area contributed by atoms with Gasteiger partial charge in [0.15, 0.2) is 5.75 Å². The number of hydrogen-bond acceptors (Lipinski definition) is 12. The van der Waals surface area contributed by atoms with Gasteiger partial charge in [0.25, 0.3) is 5.91 Å². The minimum atomic E-state index is -3.72. The highest BCUT2D eigenvalue weighted by Gasteiger charge is 2.40. The third kappa shape index (κ3) is 9.88. The van der Waals surface area contributed by atoms with E-state index in [1.54, 1.807) is 75.5 Å². The first-order valence-corrected chi connectivity index (χ1v) is 19.4. The maximum absolute atomic E-state index is 13.0. The van der Waals surface area contributed by atoms with Crippen LogP contribution in [0.5, 0.6) is 11.5 Å². The Morgan fingerprint density at radius 2 is 1.77 bits per heavy atom. The van der Waals surface area contributed by atoms with Crippen molar-refractivity contribution in [2.24, 2.45) is 0 Å². The number of aromatic nitrogens is 2. The van der Waals surface area contributed by atoms with E-state index in [1.807, 2.05) is 19.1 Å². The van der Waals surface area contributed by atoms with Crippen molar-refractivity contribution >= 4 is 56.9 Å². The average molecular weight is 786 g/mol. The molecule has 0 spiro atoms. The van der Waals surface area contributed by atoms with Crippen molar-refractivity contribution in [1.29, 1.82) is 0 Å². The molecule has 1 aromatic heterocycles. The Labute approximate surface area is 324 Å². The molecule has 6 N–H and O–H groups in total. The molecule has 4 aromatic rings. The van der Waals surface area contributed by atoms with Crippen LogP contribution in [-0.4, -0.2) is 71.8 Å². The van der Waals surface area contributed by atoms with Crippen molar-refractivity contribution < 1.29 is 37.2 Å². The number of rotatable bonds is 14. The number of carbonyl (C=O) groups excluding carboxylic acids is 4. The zero-order valence-corrected chi connectivity index (χ0v) is 32.1. The van der Waals surface area contributed by atoms with Gasteiger partial charge < -0.3 is 30.4 Å². The standard InChI is InChI=1S/C38H43N9O8S/c1-23-21-40-36(44-33(23)41-25-8-5-9-27(20-25)56(52,53)46-38(2,3)4)42-24-12-14-26(15-13-24)54-19-7-18-39-37(51)45-55-31-11-6-10-28-29(31)22-47(35(28)50)30-16-17-32(48)43-34(30)49/h5-6,8-15,20-21,30,46H,7,16-19,22H2,1-4H3,(H2,39,45,51)(H,43,48,49)(H2,40,41,42,44)/t30-/m0/s1. The Morgan fingerprint density at radius 1 is 1.00 bits per heavy atom. The van der Waals surface area contributed by atoms with E-state index in [-0.39, 0.29) is 41.8 Å². The highest BCUT2D eigenvalue weighted by molar-refractivity contribution is 7.89. The van der Waals surface area contributed by atoms with Gasteiger partial charge in [0.05, 0.1) is 18.0 Å². The Balaban J connectivity index is 0.929. The van der Waals surface area contributed by atoms with Gasteiger partial charge >= 0.3 is 6.03 Å². The van der Waals surface area contributed by atoms with Crippen LogP contribution >= 0.6 is 0 Å². The summed E-state index contributed by atoms with van der Waals surface area (Å²) in [4.78, 5) is 65.3. The molecule has 1 fully saturated rings. The Morgan fingerprint density at radius 3 is 2.52 bits per heavy atom. The van der Waals surface area contributed by atoms with Crippen LogP contribution in [-0.2, 0) is 26.2 Å². The van der Waals surface area contributed by atoms with Crippen LogP contribution < -0.4 is 41.0 Å². The minimum Gasteiger partial charge on any atom is -0.494 e. The Hall–Kier alpha value is -6.27. The van der Waals surface area contributed by atoms with Crippen LogP contribution in [0.4, 0.5) is 27.9 Å². The van der Waals surface area contributed by atoms with Crippen LogP contribution in [0, 0.1) is 6.92 Å². The van der Waals surface area contributed by atoms with Crippen LogP contribution in [0.15, 0.2) is 77.8 Å². The second kappa shape index (κ2) is 16.6. The van der Waals surface area contributed by atoms with Crippen molar-refractivity contribution in [2.75, 3.05) is 23.8 Å². The summed E-state index contributed by atoms with van der Waals surface area (Å²) in [5.74, 6) is 0.514. The molecule has 5 amide bonds. The predicted octanol–water partition coefficient (Wildman–Crippen LogP) is 4.17. The predicted molar refractivity (Wildman–Crippen MR) is 206 cm³/mol. The number of imide groups is 1. The van der Waals surface area contributed by atoms with E-state index < -0.39 is 33.5 Å². The number of nitrogens with one attached hydrogen (secondary N) is 6. The molecule has 0 aliphatic carbocycles. The first-order chi connectivity index (χ1) is 26.6. The van der Waals surface area contributed by atoms with Gasteiger partial charge in [-0.05, 0) is 95.1 Å². The number of piperidine rings is 1. The summed E-state index contributed by atoms with van der Waals surface area (Å²) in [5, 5.41) is 11.3. The smallest absolute Gasteiger partial charge is 0.347 e. The third-order valence-electron chi connectivity index (χ3n) is 8.60. The molecule has 0 saturated carbocycles. The number of aryl methyl sites for hydroxylation is 1. The van der Waals surface area contributed by atoms with Crippen molar-refractivity contribution in [2.45, 2.75) is 70.0 Å². The maximum atomic E-state index is 13.0. The van der Waals surface area contributed by atoms with Crippen molar-refractivity contribution in [3.8, 4) is 11.5 Å². The summed E-state index contributed by atoms with van der Waals surface area (Å²) in [6.45, 7) is 7.90. The number of nitrogens with zero attached hydrogens (tertiary/aromatic N) is 3. The fourth-order valence-corrected chi connectivity index (χ4v) is 7.45. The van der Waals surface area contributed by atoms with E-state index in [0.29, 0.717) is 59.6 Å². The number of carbonyl (C=O) groups is 4. The zero-order valence-electron chi connectivity index (χ0n) is 31.3. The fourth-order valence-electron chi connectivity index (χ4n) is 5.99. The molecule has 6 rings (SSSR count). The first-order valence-electron chi connectivity index (χ1n) is 17.9. The summed E-state index contributed by atoms with van der Waals surface area (Å²) in [7, 11) is -3.72. The lowest BCUT2D eigenvalue weighted by molar-refractivity contribution is -0.136. The molecule has 3 aromatic carbocycles. The van der Waals surface area contributed by atoms with Gasteiger partial charge in [-0.2, -0.15) is 10.5 Å². The molecule has 17 nitrogen and oxygen atoms in total. The number of urea groups is 1. The van der Waals surface area contributed by atoms with Crippen molar-refractivity contribution in [3.05, 3.63) is 89.6 Å². The lowest BCUT2D eigenvalue weighted by Gasteiger charge is -2.29. The Kier molecular flexibility index (Phi) is 11.7. The lowest BCUT2D eigenvalue weighted by Crippen LogP contribution is -2.52. The quantitative estimate of drug-likeness (QED) is 0.0603. The summed E-state index contributed by atoms with van der Waals surface area (Å²) in [6.07, 6.45) is 2.55. The SMILES string of the molecule is Cc1cnc(Nc2ccc(OCCCNC(=O)NOc3cccc4c3CN([C@H]3CCC(=O)NC3=O)C4=O)cc2)nc1Nc1cccc(S(=O)(=O)NC(C)(C)C)c1. The molecule has 2 aliphatic heterocycles. The number of ether oxygens (including phenoxy) is 1. The number of anilines is 4. The molecule has 2 aliphatic rings. The van der Waals surface area contributed by atoms with Crippen LogP contribution in [0.2, 0.25) is 0 Å². The molecule has 294 valence electrons. The largest absolute Gasteiger partial charge is 0.494 e. The number of hydrogen-bond donors (Lipinski definition) is 6. The van der Waals surface area contributed by atoms with Crippen LogP contribution in [0.1, 0.15) is 61.5 Å². The molecular weight excluding hydrogens is 743 g/mol. The van der Waals surface area contributed by atoms with Gasteiger partial charge in [-0.3, -0.25) is 19.7 Å². The zero-order chi connectivity index (χ0) is 40.0. The van der Waals surface area contributed by atoms with Crippen molar-refractivity contribution in [1.82, 2.24) is 35.7 Å². The lowest BCUT2D eigenvalue weighted by atomic mass is 10.0. The molecule has 18 heteroatoms. The monoisotopic (exact) mass is 785 g/mol. The Bertz CT molecular complexity index is 2240. The molecule has 56 heavy (non-hydrogen) atoms. The fraction of sp³-hybridized carbons (Fsp3) is 0.316. The van der Waals surface area contributed by atoms with Gasteiger partial charge in [0.2, 0.25) is 27.8 Å². The van der Waals surface area contributed by atoms with E-state index in [9.17, 15) is 27.6 Å². The molecule has 0 radical (unpaired) electrons. The number of sulfonamides is 1. The highest BCUT2D eigenvalue weighted by Crippen LogP contribution is 2.33. The van der Waals surface area contributed by atoms with Gasteiger partial charge in [0.1, 0.15) is 17.6 Å². The van der Waals surface area contributed by atoms with Gasteiger partial charge in [0, 0.05) is 52.8 Å². The third-order valence-corrected chi connectivity index (χ3v) is 10.4. The van der Waals surface area contributed by atoms with Crippen molar-refractivity contribution in [3.63, 3.8) is 0 Å². The second-order valence-corrected chi connectivity index (χ2v) is 15.9. The highest BCUT2D eigenvalue weighted by atomic mass is 32.2. The average Bonchev–Trinajstić information content (AvgIpc) is 3.48. The van der Waals surface area contributed by atoms with E-state index in [0.717, 1.165) is 5.56 Å². The number of benzene rings is 3. The van der Waals surface area contributed by atoms with Gasteiger partial charge in [-0.1, -0.05) is 12.1 Å². The molecular formula is C38H43N9O8S. The topological polar surface area (TPSA) is 222 Å². The number of fused-ring (bicyclic) bond motifs is 1. The molecule has 1 atom stereocenters. The summed E-state index contributed by atoms with van der Waals surface area (Å²) < 4.78 is 34.1. The molecule has 0 bridgehead atoms. The summed E-state index contributed by atoms with van der Waals surface area (Å²) in [6, 6.07) is 17.2. The number of hydroxylamine groups is 1. The number of amides is 5. The normalized spacial score (nSPS) is 15.5. The van der Waals surface area contributed by atoms with Gasteiger partial charge in [-0.25, -0.2) is 22.9 Å². The van der Waals surface area contributed by atoms with E-state index >= 15 is 0 Å². The van der Waals surface area contributed by atoms with E-state index in [4.69, 9.17) is 9.57 Å². The minimum absolute atomic E-state index is 0.107.